The van der Waals surface area contributed by atoms with E-state index in [0.29, 0.717) is 17.6 Å². The van der Waals surface area contributed by atoms with Gasteiger partial charge in [0.1, 0.15) is 4.90 Å². The maximum absolute atomic E-state index is 12.7. The average molecular weight is 404 g/mol. The Morgan fingerprint density at radius 2 is 2.20 bits per heavy atom. The predicted octanol–water partition coefficient (Wildman–Crippen LogP) is 2.90. The third-order valence-electron chi connectivity index (χ3n) is 3.25. The molecule has 1 atom stereocenters. The summed E-state index contributed by atoms with van der Waals surface area (Å²) in [5, 5.41) is 3.30. The Morgan fingerprint density at radius 3 is 2.80 bits per heavy atom. The van der Waals surface area contributed by atoms with Crippen LogP contribution in [0.3, 0.4) is 0 Å². The van der Waals surface area contributed by atoms with Crippen molar-refractivity contribution in [1.29, 1.82) is 0 Å². The molecule has 8 heteroatoms. The molecule has 4 nitrogen and oxygen atoms in total. The average Bonchev–Trinajstić information content (AvgIpc) is 2.78. The van der Waals surface area contributed by atoms with Gasteiger partial charge < -0.3 is 5.32 Å². The van der Waals surface area contributed by atoms with Crippen molar-refractivity contribution < 1.29 is 8.42 Å². The van der Waals surface area contributed by atoms with E-state index in [1.165, 1.54) is 0 Å². The summed E-state index contributed by atoms with van der Waals surface area (Å²) in [4.78, 5) is 0.166. The number of hydrogen-bond acceptors (Lipinski definition) is 3. The van der Waals surface area contributed by atoms with E-state index in [1.54, 1.807) is 22.5 Å². The van der Waals surface area contributed by atoms with Crippen molar-refractivity contribution in [2.24, 2.45) is 0 Å². The molecule has 0 amide bonds. The smallest absolute Gasteiger partial charge is 0.245 e. The van der Waals surface area contributed by atoms with Gasteiger partial charge in [-0.2, -0.15) is 4.31 Å². The van der Waals surface area contributed by atoms with Crippen LogP contribution in [-0.4, -0.2) is 38.9 Å². The molecule has 1 aliphatic rings. The summed E-state index contributed by atoms with van der Waals surface area (Å²) in [7, 11) is -1.73. The summed E-state index contributed by atoms with van der Waals surface area (Å²) in [6, 6.07) is 5.02. The van der Waals surface area contributed by atoms with Gasteiger partial charge >= 0.3 is 0 Å². The monoisotopic (exact) mass is 402 g/mol. The van der Waals surface area contributed by atoms with E-state index >= 15 is 0 Å². The van der Waals surface area contributed by atoms with E-state index in [0.717, 1.165) is 12.8 Å². The van der Waals surface area contributed by atoms with Crippen molar-refractivity contribution in [2.75, 3.05) is 20.1 Å². The summed E-state index contributed by atoms with van der Waals surface area (Å²) < 4.78 is 27.6. The second kappa shape index (κ2) is 7.42. The number of nitrogens with one attached hydrogen (secondary N) is 1. The van der Waals surface area contributed by atoms with E-state index in [-0.39, 0.29) is 28.4 Å². The first-order valence-corrected chi connectivity index (χ1v) is 8.70. The van der Waals surface area contributed by atoms with E-state index in [2.05, 4.69) is 21.2 Å². The van der Waals surface area contributed by atoms with Crippen LogP contribution in [0.5, 0.6) is 0 Å². The fourth-order valence-electron chi connectivity index (χ4n) is 2.41. The van der Waals surface area contributed by atoms with Crippen molar-refractivity contribution in [3.63, 3.8) is 0 Å². The summed E-state index contributed by atoms with van der Waals surface area (Å²) in [5.41, 5.74) is 0. The molecule has 1 fully saturated rings. The minimum Gasteiger partial charge on any atom is -0.318 e. The van der Waals surface area contributed by atoms with Gasteiger partial charge in [0.05, 0.1) is 5.02 Å². The third kappa shape index (κ3) is 3.48. The van der Waals surface area contributed by atoms with Crippen LogP contribution in [0.25, 0.3) is 0 Å². The van der Waals surface area contributed by atoms with E-state index < -0.39 is 10.0 Å². The van der Waals surface area contributed by atoms with Gasteiger partial charge in [-0.25, -0.2) is 8.42 Å². The van der Waals surface area contributed by atoms with Gasteiger partial charge in [-0.05, 0) is 48.0 Å². The van der Waals surface area contributed by atoms with E-state index in [1.807, 2.05) is 7.05 Å². The van der Waals surface area contributed by atoms with E-state index in [4.69, 9.17) is 11.6 Å². The fraction of sp³-hybridized carbons (Fsp3) is 0.500. The Labute approximate surface area is 139 Å². The van der Waals surface area contributed by atoms with Crippen LogP contribution in [-0.2, 0) is 10.0 Å². The molecule has 1 heterocycles. The molecule has 1 aromatic carbocycles. The van der Waals surface area contributed by atoms with Gasteiger partial charge in [0, 0.05) is 23.6 Å². The van der Waals surface area contributed by atoms with Crippen LogP contribution in [0.2, 0.25) is 5.02 Å². The van der Waals surface area contributed by atoms with Crippen LogP contribution >= 0.6 is 39.9 Å². The molecular formula is C12H17BrCl2N2O2S. The number of rotatable bonds is 4. The quantitative estimate of drug-likeness (QED) is 0.840. The molecule has 0 aromatic heterocycles. The first-order valence-electron chi connectivity index (χ1n) is 6.09. The number of nitrogens with zero attached hydrogens (tertiary/aromatic N) is 1. The zero-order chi connectivity index (χ0) is 14.0. The lowest BCUT2D eigenvalue weighted by atomic mass is 10.2. The molecule has 0 radical (unpaired) electrons. The SMILES string of the molecule is CNCC1CCCN1S(=O)(=O)c1c(Cl)cccc1Br.Cl. The molecule has 2 rings (SSSR count). The second-order valence-electron chi connectivity index (χ2n) is 4.52. The van der Waals surface area contributed by atoms with Gasteiger partial charge in [-0.1, -0.05) is 17.7 Å². The highest BCUT2D eigenvalue weighted by atomic mass is 79.9. The molecule has 1 aromatic rings. The molecule has 0 spiro atoms. The van der Waals surface area contributed by atoms with E-state index in [9.17, 15) is 8.42 Å². The molecule has 1 unspecified atom stereocenters. The highest BCUT2D eigenvalue weighted by Gasteiger charge is 2.36. The Bertz CT molecular complexity index is 548. The van der Waals surface area contributed by atoms with Crippen molar-refractivity contribution in [1.82, 2.24) is 9.62 Å². The predicted molar refractivity (Wildman–Crippen MR) is 87.2 cm³/mol. The number of hydrogen-bond donors (Lipinski definition) is 1. The first-order chi connectivity index (χ1) is 8.98. The summed E-state index contributed by atoms with van der Waals surface area (Å²) in [6.07, 6.45) is 1.76. The van der Waals surface area contributed by atoms with Gasteiger partial charge in [0.25, 0.3) is 0 Å². The lowest BCUT2D eigenvalue weighted by molar-refractivity contribution is 0.379. The Balaban J connectivity index is 0.00000200. The molecule has 20 heavy (non-hydrogen) atoms. The molecule has 0 bridgehead atoms. The Kier molecular flexibility index (Phi) is 6.76. The summed E-state index contributed by atoms with van der Waals surface area (Å²) in [5.74, 6) is 0. The van der Waals surface area contributed by atoms with Crippen molar-refractivity contribution in [2.45, 2.75) is 23.8 Å². The zero-order valence-corrected chi connectivity index (χ0v) is 14.9. The topological polar surface area (TPSA) is 49.4 Å². The third-order valence-corrected chi connectivity index (χ3v) is 6.65. The molecule has 1 saturated heterocycles. The summed E-state index contributed by atoms with van der Waals surface area (Å²) >= 11 is 9.35. The van der Waals surface area contributed by atoms with Gasteiger partial charge in [-0.3, -0.25) is 0 Å². The van der Waals surface area contributed by atoms with Crippen LogP contribution < -0.4 is 5.32 Å². The van der Waals surface area contributed by atoms with Crippen LogP contribution in [0, 0.1) is 0 Å². The standard InChI is InChI=1S/C12H16BrClN2O2S.ClH/c1-15-8-9-4-3-7-16(9)19(17,18)12-10(13)5-2-6-11(12)14;/h2,5-6,9,15H,3-4,7-8H2,1H3;1H. The zero-order valence-electron chi connectivity index (χ0n) is 11.0. The fourth-order valence-corrected chi connectivity index (χ4v) is 5.78. The van der Waals surface area contributed by atoms with Crippen LogP contribution in [0.1, 0.15) is 12.8 Å². The normalized spacial score (nSPS) is 19.9. The lowest BCUT2D eigenvalue weighted by Gasteiger charge is -2.24. The molecule has 0 saturated carbocycles. The Morgan fingerprint density at radius 1 is 1.50 bits per heavy atom. The van der Waals surface area contributed by atoms with Crippen LogP contribution in [0.15, 0.2) is 27.6 Å². The molecule has 1 aliphatic heterocycles. The molecule has 1 N–H and O–H groups in total. The van der Waals surface area contributed by atoms with Crippen molar-refractivity contribution in [3.05, 3.63) is 27.7 Å². The lowest BCUT2D eigenvalue weighted by Crippen LogP contribution is -2.40. The molecular weight excluding hydrogens is 387 g/mol. The number of likely N-dealkylation sites (N-methyl/N-ethyl adjacent to an activating group) is 1. The van der Waals surface area contributed by atoms with Gasteiger partial charge in [-0.15, -0.1) is 12.4 Å². The van der Waals surface area contributed by atoms with Crippen LogP contribution in [0.4, 0.5) is 0 Å². The highest BCUT2D eigenvalue weighted by Crippen LogP contribution is 2.34. The van der Waals surface area contributed by atoms with Gasteiger partial charge in [0.15, 0.2) is 0 Å². The molecule has 114 valence electrons. The minimum absolute atomic E-state index is 0. The number of benzene rings is 1. The number of sulfonamides is 1. The highest BCUT2D eigenvalue weighted by molar-refractivity contribution is 9.10. The van der Waals surface area contributed by atoms with Gasteiger partial charge in [0.2, 0.25) is 10.0 Å². The minimum atomic E-state index is -3.56. The molecule has 0 aliphatic carbocycles. The Hall–Kier alpha value is 0.150. The maximum Gasteiger partial charge on any atom is 0.245 e. The largest absolute Gasteiger partial charge is 0.318 e. The summed E-state index contributed by atoms with van der Waals surface area (Å²) in [6.45, 7) is 1.20. The van der Waals surface area contributed by atoms with Crippen molar-refractivity contribution in [3.8, 4) is 0 Å². The first kappa shape index (κ1) is 18.2. The second-order valence-corrected chi connectivity index (χ2v) is 7.61. The maximum atomic E-state index is 12.7. The number of halogens is 3. The van der Waals surface area contributed by atoms with Crippen molar-refractivity contribution >= 4 is 50.0 Å².